The maximum Gasteiger partial charge on any atom is 0.418 e. The topological polar surface area (TPSA) is 33.1 Å². The van der Waals surface area contributed by atoms with Crippen LogP contribution in [0, 0.1) is 0 Å². The number of alkyl halides is 3. The molecule has 0 spiro atoms. The summed E-state index contributed by atoms with van der Waals surface area (Å²) in [6, 6.07) is 0.699. The molecular weight excluding hydrogens is 227 g/mol. The first kappa shape index (κ1) is 12.2. The monoisotopic (exact) mass is 237 g/mol. The minimum atomic E-state index is -4.46. The Labute approximate surface area is 89.5 Å². The smallest absolute Gasteiger partial charge is 0.418 e. The molecular formula is C9H10F3NOS. The van der Waals surface area contributed by atoms with Gasteiger partial charge in [0.25, 0.3) is 0 Å². The molecule has 0 atom stereocenters. The van der Waals surface area contributed by atoms with Crippen LogP contribution in [0.1, 0.15) is 18.9 Å². The van der Waals surface area contributed by atoms with Crippen molar-refractivity contribution in [3.63, 3.8) is 0 Å². The van der Waals surface area contributed by atoms with E-state index in [-0.39, 0.29) is 5.03 Å². The fraction of sp³-hybridized carbons (Fsp3) is 0.444. The third kappa shape index (κ3) is 3.30. The maximum atomic E-state index is 12.2. The minimum absolute atomic E-state index is 0.241. The van der Waals surface area contributed by atoms with Crippen LogP contribution >= 0.6 is 11.8 Å². The van der Waals surface area contributed by atoms with Crippen molar-refractivity contribution in [3.05, 3.63) is 17.8 Å². The lowest BCUT2D eigenvalue weighted by Crippen LogP contribution is -2.05. The van der Waals surface area contributed by atoms with Gasteiger partial charge in [-0.05, 0) is 18.2 Å². The number of nitrogens with zero attached hydrogens (tertiary/aromatic N) is 1. The fourth-order valence-corrected chi connectivity index (χ4v) is 1.64. The van der Waals surface area contributed by atoms with Crippen LogP contribution in [-0.2, 0) is 6.18 Å². The van der Waals surface area contributed by atoms with Gasteiger partial charge in [-0.2, -0.15) is 13.2 Å². The van der Waals surface area contributed by atoms with E-state index in [4.69, 9.17) is 0 Å². The molecule has 0 aromatic carbocycles. The molecule has 15 heavy (non-hydrogen) atoms. The number of hydrogen-bond acceptors (Lipinski definition) is 3. The summed E-state index contributed by atoms with van der Waals surface area (Å²) >= 11 is 1.24. The third-order valence-electron chi connectivity index (χ3n) is 1.60. The van der Waals surface area contributed by atoms with Crippen molar-refractivity contribution in [2.24, 2.45) is 0 Å². The van der Waals surface area contributed by atoms with E-state index >= 15 is 0 Å². The van der Waals surface area contributed by atoms with Crippen molar-refractivity contribution in [1.29, 1.82) is 0 Å². The normalized spacial score (nSPS) is 11.7. The summed E-state index contributed by atoms with van der Waals surface area (Å²) in [4.78, 5) is 3.58. The van der Waals surface area contributed by atoms with Gasteiger partial charge in [0.05, 0.1) is 5.56 Å². The number of rotatable bonds is 3. The van der Waals surface area contributed by atoms with Gasteiger partial charge in [-0.1, -0.05) is 6.92 Å². The van der Waals surface area contributed by atoms with Crippen LogP contribution in [0.15, 0.2) is 17.3 Å². The second-order valence-electron chi connectivity index (χ2n) is 2.89. The molecule has 1 aromatic heterocycles. The van der Waals surface area contributed by atoms with E-state index in [1.807, 2.05) is 6.92 Å². The Morgan fingerprint density at radius 1 is 1.47 bits per heavy atom. The second kappa shape index (κ2) is 4.74. The predicted octanol–water partition coefficient (Wildman–Crippen LogP) is 3.31. The molecule has 0 unspecified atom stereocenters. The van der Waals surface area contributed by atoms with Crippen LogP contribution in [0.5, 0.6) is 5.75 Å². The van der Waals surface area contributed by atoms with E-state index < -0.39 is 17.5 Å². The van der Waals surface area contributed by atoms with Gasteiger partial charge < -0.3 is 5.11 Å². The average Bonchev–Trinajstić information content (AvgIpc) is 2.14. The summed E-state index contributed by atoms with van der Waals surface area (Å²) in [5.41, 5.74) is -0.930. The first-order valence-electron chi connectivity index (χ1n) is 4.34. The summed E-state index contributed by atoms with van der Waals surface area (Å²) in [6.45, 7) is 1.94. The Hall–Kier alpha value is -0.910. The Morgan fingerprint density at radius 3 is 2.60 bits per heavy atom. The van der Waals surface area contributed by atoms with Crippen molar-refractivity contribution in [2.45, 2.75) is 24.5 Å². The minimum Gasteiger partial charge on any atom is -0.505 e. The van der Waals surface area contributed by atoms with Gasteiger partial charge in [0.15, 0.2) is 0 Å². The lowest BCUT2D eigenvalue weighted by Gasteiger charge is -2.08. The second-order valence-corrected chi connectivity index (χ2v) is 3.98. The van der Waals surface area contributed by atoms with Gasteiger partial charge in [-0.25, -0.2) is 4.98 Å². The highest BCUT2D eigenvalue weighted by Gasteiger charge is 2.31. The first-order valence-corrected chi connectivity index (χ1v) is 5.32. The zero-order chi connectivity index (χ0) is 11.5. The van der Waals surface area contributed by atoms with E-state index in [1.165, 1.54) is 11.8 Å². The van der Waals surface area contributed by atoms with Crippen molar-refractivity contribution < 1.29 is 18.3 Å². The van der Waals surface area contributed by atoms with Gasteiger partial charge in [-0.15, -0.1) is 11.8 Å². The molecule has 0 aliphatic heterocycles. The highest BCUT2D eigenvalue weighted by atomic mass is 32.2. The molecule has 2 nitrogen and oxygen atoms in total. The number of aromatic hydroxyl groups is 1. The zero-order valence-corrected chi connectivity index (χ0v) is 8.82. The van der Waals surface area contributed by atoms with Gasteiger partial charge in [-0.3, -0.25) is 0 Å². The molecule has 0 saturated heterocycles. The Morgan fingerprint density at radius 2 is 2.13 bits per heavy atom. The maximum absolute atomic E-state index is 12.2. The van der Waals surface area contributed by atoms with E-state index in [2.05, 4.69) is 4.98 Å². The van der Waals surface area contributed by atoms with Crippen molar-refractivity contribution in [2.75, 3.05) is 5.75 Å². The summed E-state index contributed by atoms with van der Waals surface area (Å²) in [5.74, 6) is 0.301. The number of halogens is 3. The van der Waals surface area contributed by atoms with Crippen LogP contribution in [0.2, 0.25) is 0 Å². The SMILES string of the molecule is CCCSc1ncc(C(F)(F)F)cc1O. The number of aromatic nitrogens is 1. The molecule has 0 saturated carbocycles. The van der Waals surface area contributed by atoms with E-state index in [0.717, 1.165) is 12.6 Å². The van der Waals surface area contributed by atoms with E-state index in [0.29, 0.717) is 11.8 Å². The highest BCUT2D eigenvalue weighted by molar-refractivity contribution is 7.99. The van der Waals surface area contributed by atoms with E-state index in [9.17, 15) is 18.3 Å². The molecule has 6 heteroatoms. The standard InChI is InChI=1S/C9H10F3NOS/c1-2-3-15-8-7(14)4-6(5-13-8)9(10,11)12/h4-5,14H,2-3H2,1H3. The van der Waals surface area contributed by atoms with Crippen LogP contribution in [0.25, 0.3) is 0 Å². The van der Waals surface area contributed by atoms with Crippen LogP contribution in [0.4, 0.5) is 13.2 Å². The number of hydrogen-bond donors (Lipinski definition) is 1. The third-order valence-corrected chi connectivity index (χ3v) is 2.80. The molecule has 1 heterocycles. The lowest BCUT2D eigenvalue weighted by molar-refractivity contribution is -0.138. The quantitative estimate of drug-likeness (QED) is 0.819. The Kier molecular flexibility index (Phi) is 3.84. The molecule has 0 amide bonds. The first-order chi connectivity index (χ1) is 6.95. The van der Waals surface area contributed by atoms with Crippen LogP contribution in [-0.4, -0.2) is 15.8 Å². The molecule has 0 aliphatic rings. The summed E-state index contributed by atoms with van der Waals surface area (Å²) in [7, 11) is 0. The number of thioether (sulfide) groups is 1. The molecule has 1 aromatic rings. The molecule has 84 valence electrons. The highest BCUT2D eigenvalue weighted by Crippen LogP contribution is 2.34. The summed E-state index contributed by atoms with van der Waals surface area (Å²) < 4.78 is 36.6. The van der Waals surface area contributed by atoms with Crippen LogP contribution in [0.3, 0.4) is 0 Å². The molecule has 0 fully saturated rings. The molecule has 0 bridgehead atoms. The Balaban J connectivity index is 2.88. The van der Waals surface area contributed by atoms with Gasteiger partial charge in [0.2, 0.25) is 0 Å². The van der Waals surface area contributed by atoms with E-state index in [1.54, 1.807) is 0 Å². The van der Waals surface area contributed by atoms with Gasteiger partial charge in [0.1, 0.15) is 10.8 Å². The summed E-state index contributed by atoms with van der Waals surface area (Å²) in [6.07, 6.45) is -2.86. The average molecular weight is 237 g/mol. The lowest BCUT2D eigenvalue weighted by atomic mass is 10.3. The zero-order valence-electron chi connectivity index (χ0n) is 8.01. The van der Waals surface area contributed by atoms with Crippen molar-refractivity contribution in [1.82, 2.24) is 4.98 Å². The van der Waals surface area contributed by atoms with Gasteiger partial charge >= 0.3 is 6.18 Å². The molecule has 1 N–H and O–H groups in total. The molecule has 0 aliphatic carbocycles. The fourth-order valence-electron chi connectivity index (χ4n) is 0.906. The summed E-state index contributed by atoms with van der Waals surface area (Å²) in [5, 5.41) is 9.54. The van der Waals surface area contributed by atoms with Crippen LogP contribution < -0.4 is 0 Å². The van der Waals surface area contributed by atoms with Crippen molar-refractivity contribution in [3.8, 4) is 5.75 Å². The predicted molar refractivity (Wildman–Crippen MR) is 51.9 cm³/mol. The Bertz CT molecular complexity index is 341. The number of pyridine rings is 1. The largest absolute Gasteiger partial charge is 0.505 e. The molecule has 1 rings (SSSR count). The van der Waals surface area contributed by atoms with Gasteiger partial charge in [0, 0.05) is 6.20 Å². The van der Waals surface area contributed by atoms with Crippen molar-refractivity contribution >= 4 is 11.8 Å². The molecule has 0 radical (unpaired) electrons.